The lowest BCUT2D eigenvalue weighted by atomic mass is 10.0. The second-order valence-corrected chi connectivity index (χ2v) is 13.1. The minimum Gasteiger partial charge on any atom is -0.354 e. The molecule has 0 radical (unpaired) electrons. The molecular formula is C33H36BrN3O4S. The van der Waals surface area contributed by atoms with Crippen LogP contribution in [0.4, 0.5) is 5.69 Å². The summed E-state index contributed by atoms with van der Waals surface area (Å²) in [5.74, 6) is -0.744. The van der Waals surface area contributed by atoms with Gasteiger partial charge in [-0.25, -0.2) is 8.42 Å². The second-order valence-electron chi connectivity index (χ2n) is 10.3. The van der Waals surface area contributed by atoms with Gasteiger partial charge in [-0.3, -0.25) is 13.9 Å². The topological polar surface area (TPSA) is 86.8 Å². The maximum absolute atomic E-state index is 14.3. The number of nitrogens with one attached hydrogen (secondary N) is 1. The van der Waals surface area contributed by atoms with Crippen molar-refractivity contribution in [3.63, 3.8) is 0 Å². The monoisotopic (exact) mass is 649 g/mol. The molecule has 0 heterocycles. The van der Waals surface area contributed by atoms with Crippen molar-refractivity contribution >= 4 is 54.2 Å². The molecule has 0 aliphatic heterocycles. The molecule has 0 aliphatic carbocycles. The average Bonchev–Trinajstić information content (AvgIpc) is 2.97. The zero-order valence-electron chi connectivity index (χ0n) is 23.9. The summed E-state index contributed by atoms with van der Waals surface area (Å²) in [6.45, 7) is 2.22. The van der Waals surface area contributed by atoms with E-state index in [1.54, 1.807) is 12.1 Å². The van der Waals surface area contributed by atoms with E-state index in [0.29, 0.717) is 12.2 Å². The summed E-state index contributed by atoms with van der Waals surface area (Å²) in [6, 6.07) is 29.1. The molecule has 0 fully saturated rings. The highest BCUT2D eigenvalue weighted by Crippen LogP contribution is 2.29. The highest BCUT2D eigenvalue weighted by molar-refractivity contribution is 9.10. The molecule has 0 saturated carbocycles. The van der Waals surface area contributed by atoms with Gasteiger partial charge in [0.25, 0.3) is 0 Å². The number of nitrogens with zero attached hydrogens (tertiary/aromatic N) is 2. The smallest absolute Gasteiger partial charge is 0.244 e. The summed E-state index contributed by atoms with van der Waals surface area (Å²) in [4.78, 5) is 29.5. The molecule has 0 spiro atoms. The molecule has 4 rings (SSSR count). The third-order valence-electron chi connectivity index (χ3n) is 7.06. The number of sulfonamides is 1. The number of carbonyl (C=O) groups excluding carboxylic acids is 2. The predicted octanol–water partition coefficient (Wildman–Crippen LogP) is 5.92. The number of anilines is 1. The van der Waals surface area contributed by atoms with Crippen LogP contribution in [-0.4, -0.2) is 50.5 Å². The van der Waals surface area contributed by atoms with Crippen molar-refractivity contribution in [3.05, 3.63) is 113 Å². The summed E-state index contributed by atoms with van der Waals surface area (Å²) in [5, 5.41) is 4.58. The van der Waals surface area contributed by atoms with Gasteiger partial charge < -0.3 is 10.2 Å². The number of benzene rings is 4. The lowest BCUT2D eigenvalue weighted by Gasteiger charge is -2.33. The molecule has 42 heavy (non-hydrogen) atoms. The molecule has 0 bridgehead atoms. The summed E-state index contributed by atoms with van der Waals surface area (Å²) in [7, 11) is -3.86. The van der Waals surface area contributed by atoms with Crippen LogP contribution in [0, 0.1) is 0 Å². The second kappa shape index (κ2) is 14.5. The van der Waals surface area contributed by atoms with Crippen molar-refractivity contribution in [2.24, 2.45) is 0 Å². The Balaban J connectivity index is 1.76. The van der Waals surface area contributed by atoms with Crippen LogP contribution in [0.25, 0.3) is 10.8 Å². The maximum Gasteiger partial charge on any atom is 0.244 e. The Morgan fingerprint density at radius 1 is 0.881 bits per heavy atom. The highest BCUT2D eigenvalue weighted by Gasteiger charge is 2.33. The van der Waals surface area contributed by atoms with Crippen molar-refractivity contribution in [2.45, 2.75) is 38.8 Å². The standard InChI is InChI=1S/C33H36BrN3O4S/c1-3-4-20-35-33(39)31(22-25-12-6-5-7-13-25)36(23-26-14-10-17-28(34)21-26)32(38)24-37(42(2,40)41)30-19-11-16-27-15-8-9-18-29(27)30/h5-19,21,31H,3-4,20,22-24H2,1-2H3,(H,35,39). The van der Waals surface area contributed by atoms with Crippen LogP contribution in [0.5, 0.6) is 0 Å². The van der Waals surface area contributed by atoms with E-state index in [2.05, 4.69) is 21.2 Å². The van der Waals surface area contributed by atoms with Gasteiger partial charge >= 0.3 is 0 Å². The molecule has 220 valence electrons. The van der Waals surface area contributed by atoms with Crippen LogP contribution in [0.15, 0.2) is 102 Å². The molecule has 1 atom stereocenters. The minimum absolute atomic E-state index is 0.129. The number of unbranched alkanes of at least 4 members (excludes halogenated alkanes) is 1. The zero-order valence-corrected chi connectivity index (χ0v) is 26.3. The Hall–Kier alpha value is -3.69. The maximum atomic E-state index is 14.3. The highest BCUT2D eigenvalue weighted by atomic mass is 79.9. The fourth-order valence-electron chi connectivity index (χ4n) is 4.91. The molecule has 1 N–H and O–H groups in total. The third-order valence-corrected chi connectivity index (χ3v) is 8.68. The Morgan fingerprint density at radius 3 is 2.26 bits per heavy atom. The van der Waals surface area contributed by atoms with Crippen molar-refractivity contribution in [1.29, 1.82) is 0 Å². The average molecular weight is 651 g/mol. The molecule has 2 amide bonds. The number of carbonyl (C=O) groups is 2. The molecule has 1 unspecified atom stereocenters. The van der Waals surface area contributed by atoms with Gasteiger partial charge in [0.1, 0.15) is 12.6 Å². The first-order valence-electron chi connectivity index (χ1n) is 14.0. The van der Waals surface area contributed by atoms with Gasteiger partial charge in [0, 0.05) is 29.4 Å². The van der Waals surface area contributed by atoms with Crippen molar-refractivity contribution in [2.75, 3.05) is 23.7 Å². The van der Waals surface area contributed by atoms with Gasteiger partial charge in [-0.1, -0.05) is 108 Å². The number of amides is 2. The number of fused-ring (bicyclic) bond motifs is 1. The minimum atomic E-state index is -3.86. The first-order chi connectivity index (χ1) is 20.2. The fraction of sp³-hybridized carbons (Fsp3) is 0.273. The van der Waals surface area contributed by atoms with E-state index < -0.39 is 28.5 Å². The normalized spacial score (nSPS) is 12.1. The van der Waals surface area contributed by atoms with Crippen LogP contribution < -0.4 is 9.62 Å². The summed E-state index contributed by atoms with van der Waals surface area (Å²) >= 11 is 3.50. The van der Waals surface area contributed by atoms with Gasteiger partial charge in [0.2, 0.25) is 21.8 Å². The molecule has 0 saturated heterocycles. The number of hydrogen-bond acceptors (Lipinski definition) is 4. The van der Waals surface area contributed by atoms with E-state index in [4.69, 9.17) is 0 Å². The van der Waals surface area contributed by atoms with Crippen LogP contribution in [0.2, 0.25) is 0 Å². The van der Waals surface area contributed by atoms with Gasteiger partial charge in [0.15, 0.2) is 0 Å². The Kier molecular flexibility index (Phi) is 10.8. The van der Waals surface area contributed by atoms with E-state index in [1.165, 1.54) is 4.90 Å². The summed E-state index contributed by atoms with van der Waals surface area (Å²) in [6.07, 6.45) is 3.11. The number of halogens is 1. The van der Waals surface area contributed by atoms with E-state index in [0.717, 1.165) is 49.8 Å². The van der Waals surface area contributed by atoms with Crippen LogP contribution in [-0.2, 0) is 32.6 Å². The lowest BCUT2D eigenvalue weighted by Crippen LogP contribution is -2.53. The van der Waals surface area contributed by atoms with E-state index in [1.807, 2.05) is 91.9 Å². The Bertz CT molecular complexity index is 1620. The Morgan fingerprint density at radius 2 is 1.55 bits per heavy atom. The molecular weight excluding hydrogens is 614 g/mol. The fourth-order valence-corrected chi connectivity index (χ4v) is 6.22. The van der Waals surface area contributed by atoms with Gasteiger partial charge in [0.05, 0.1) is 11.9 Å². The van der Waals surface area contributed by atoms with Crippen LogP contribution >= 0.6 is 15.9 Å². The van der Waals surface area contributed by atoms with E-state index in [-0.39, 0.29) is 18.9 Å². The van der Waals surface area contributed by atoms with E-state index >= 15 is 0 Å². The first-order valence-corrected chi connectivity index (χ1v) is 16.6. The summed E-state index contributed by atoms with van der Waals surface area (Å²) < 4.78 is 28.3. The first kappa shape index (κ1) is 31.3. The molecule has 4 aromatic carbocycles. The third kappa shape index (κ3) is 8.20. The van der Waals surface area contributed by atoms with Gasteiger partial charge in [-0.05, 0) is 41.1 Å². The van der Waals surface area contributed by atoms with Crippen LogP contribution in [0.3, 0.4) is 0 Å². The molecule has 0 aliphatic rings. The Labute approximate surface area is 256 Å². The molecule has 7 nitrogen and oxygen atoms in total. The summed E-state index contributed by atoms with van der Waals surface area (Å²) in [5.41, 5.74) is 2.13. The lowest BCUT2D eigenvalue weighted by molar-refractivity contribution is -0.140. The number of hydrogen-bond donors (Lipinski definition) is 1. The predicted molar refractivity (Wildman–Crippen MR) is 173 cm³/mol. The molecule has 4 aromatic rings. The molecule has 9 heteroatoms. The van der Waals surface area contributed by atoms with Crippen molar-refractivity contribution in [3.8, 4) is 0 Å². The zero-order chi connectivity index (χ0) is 30.1. The van der Waals surface area contributed by atoms with Crippen LogP contribution in [0.1, 0.15) is 30.9 Å². The van der Waals surface area contributed by atoms with E-state index in [9.17, 15) is 18.0 Å². The number of rotatable bonds is 13. The van der Waals surface area contributed by atoms with Gasteiger partial charge in [-0.15, -0.1) is 0 Å². The van der Waals surface area contributed by atoms with Crippen molar-refractivity contribution < 1.29 is 18.0 Å². The van der Waals surface area contributed by atoms with Crippen molar-refractivity contribution in [1.82, 2.24) is 10.2 Å². The largest absolute Gasteiger partial charge is 0.354 e. The quantitative estimate of drug-likeness (QED) is 0.182. The van der Waals surface area contributed by atoms with Gasteiger partial charge in [-0.2, -0.15) is 0 Å². The molecule has 0 aromatic heterocycles. The SMILES string of the molecule is CCCCNC(=O)C(Cc1ccccc1)N(Cc1cccc(Br)c1)C(=O)CN(c1cccc2ccccc12)S(C)(=O)=O.